The van der Waals surface area contributed by atoms with Gasteiger partial charge in [0, 0.05) is 13.8 Å². The molecule has 6 nitrogen and oxygen atoms in total. The van der Waals surface area contributed by atoms with Gasteiger partial charge in [-0.1, -0.05) is 12.7 Å². The number of carbonyl (C=O) groups is 2. The maximum absolute atomic E-state index is 12.0. The topological polar surface area (TPSA) is 71.1 Å². The SMILES string of the molecule is C=CCOc1c(I)cc(C=C2C(=O)OC(C)(C)OC2=O)cc1OC. The lowest BCUT2D eigenvalue weighted by atomic mass is 10.1. The molecule has 24 heavy (non-hydrogen) atoms. The summed E-state index contributed by atoms with van der Waals surface area (Å²) in [6.07, 6.45) is 3.03. The molecule has 2 rings (SSSR count). The number of esters is 2. The molecule has 1 aromatic carbocycles. The number of rotatable bonds is 5. The summed E-state index contributed by atoms with van der Waals surface area (Å²) in [7, 11) is 1.51. The van der Waals surface area contributed by atoms with Crippen LogP contribution in [0.3, 0.4) is 0 Å². The number of methoxy groups -OCH3 is 1. The largest absolute Gasteiger partial charge is 0.493 e. The zero-order valence-corrected chi connectivity index (χ0v) is 15.7. The predicted molar refractivity (Wildman–Crippen MR) is 95.6 cm³/mol. The smallest absolute Gasteiger partial charge is 0.348 e. The Balaban J connectivity index is 2.39. The van der Waals surface area contributed by atoms with Crippen molar-refractivity contribution in [1.82, 2.24) is 0 Å². The molecule has 1 fully saturated rings. The van der Waals surface area contributed by atoms with Crippen LogP contribution in [0.4, 0.5) is 0 Å². The van der Waals surface area contributed by atoms with Gasteiger partial charge in [-0.25, -0.2) is 9.59 Å². The Hall–Kier alpha value is -2.03. The molecular formula is C17H17IO6. The Kier molecular flexibility index (Phi) is 5.53. The number of ether oxygens (including phenoxy) is 4. The predicted octanol–water partition coefficient (Wildman–Crippen LogP) is 3.08. The number of hydrogen-bond donors (Lipinski definition) is 0. The van der Waals surface area contributed by atoms with Crippen LogP contribution in [0.15, 0.2) is 30.4 Å². The fourth-order valence-electron chi connectivity index (χ4n) is 2.05. The van der Waals surface area contributed by atoms with E-state index in [2.05, 4.69) is 29.2 Å². The van der Waals surface area contributed by atoms with Gasteiger partial charge in [-0.2, -0.15) is 0 Å². The highest BCUT2D eigenvalue weighted by atomic mass is 127. The lowest BCUT2D eigenvalue weighted by molar-refractivity contribution is -0.222. The van der Waals surface area contributed by atoms with Gasteiger partial charge in [0.25, 0.3) is 5.79 Å². The highest BCUT2D eigenvalue weighted by Gasteiger charge is 2.38. The minimum atomic E-state index is -1.26. The van der Waals surface area contributed by atoms with Gasteiger partial charge in [0.2, 0.25) is 0 Å². The number of benzene rings is 1. The van der Waals surface area contributed by atoms with Crippen LogP contribution in [0.5, 0.6) is 11.5 Å². The van der Waals surface area contributed by atoms with Crippen LogP contribution in [0.25, 0.3) is 6.08 Å². The molecule has 1 aromatic rings. The minimum absolute atomic E-state index is 0.174. The number of halogens is 1. The van der Waals surface area contributed by atoms with Gasteiger partial charge in [-0.3, -0.25) is 0 Å². The molecule has 0 amide bonds. The number of carbonyl (C=O) groups excluding carboxylic acids is 2. The quantitative estimate of drug-likeness (QED) is 0.229. The second-order valence-electron chi connectivity index (χ2n) is 5.37. The summed E-state index contributed by atoms with van der Waals surface area (Å²) in [6, 6.07) is 3.42. The number of cyclic esters (lactones) is 2. The van der Waals surface area contributed by atoms with Crippen molar-refractivity contribution in [2.24, 2.45) is 0 Å². The minimum Gasteiger partial charge on any atom is -0.493 e. The van der Waals surface area contributed by atoms with Crippen molar-refractivity contribution in [3.63, 3.8) is 0 Å². The van der Waals surface area contributed by atoms with E-state index in [0.29, 0.717) is 23.7 Å². The molecule has 0 N–H and O–H groups in total. The summed E-state index contributed by atoms with van der Waals surface area (Å²) >= 11 is 2.08. The van der Waals surface area contributed by atoms with E-state index in [9.17, 15) is 9.59 Å². The van der Waals surface area contributed by atoms with Crippen molar-refractivity contribution >= 4 is 40.6 Å². The standard InChI is InChI=1S/C17H17IO6/c1-5-6-22-14-12(18)8-10(9-13(14)21-4)7-11-15(19)23-17(2,3)24-16(11)20/h5,7-9H,1,6H2,2-4H3. The fraction of sp³-hybridized carbons (Fsp3) is 0.294. The highest BCUT2D eigenvalue weighted by Crippen LogP contribution is 2.35. The Bertz CT molecular complexity index is 698. The second kappa shape index (κ2) is 7.25. The molecular weight excluding hydrogens is 427 g/mol. The first-order chi connectivity index (χ1) is 11.3. The summed E-state index contributed by atoms with van der Waals surface area (Å²) in [5.74, 6) is -1.67. The van der Waals surface area contributed by atoms with Gasteiger partial charge < -0.3 is 18.9 Å². The lowest BCUT2D eigenvalue weighted by Crippen LogP contribution is -2.41. The summed E-state index contributed by atoms with van der Waals surface area (Å²) in [5, 5.41) is 0. The van der Waals surface area contributed by atoms with Crippen LogP contribution in [0, 0.1) is 3.57 Å². The van der Waals surface area contributed by atoms with Crippen LogP contribution < -0.4 is 9.47 Å². The fourth-order valence-corrected chi connectivity index (χ4v) is 2.83. The van der Waals surface area contributed by atoms with Crippen molar-refractivity contribution in [3.05, 3.63) is 39.5 Å². The Morgan fingerprint density at radius 3 is 2.42 bits per heavy atom. The lowest BCUT2D eigenvalue weighted by Gasteiger charge is -2.29. The van der Waals surface area contributed by atoms with Gasteiger partial charge in [-0.15, -0.1) is 0 Å². The van der Waals surface area contributed by atoms with E-state index in [0.717, 1.165) is 3.57 Å². The maximum atomic E-state index is 12.0. The number of hydrogen-bond acceptors (Lipinski definition) is 6. The van der Waals surface area contributed by atoms with Gasteiger partial charge in [-0.05, 0) is 46.4 Å². The maximum Gasteiger partial charge on any atom is 0.348 e. The average Bonchev–Trinajstić information content (AvgIpc) is 2.48. The van der Waals surface area contributed by atoms with Gasteiger partial charge in [0.1, 0.15) is 12.2 Å². The van der Waals surface area contributed by atoms with Crippen LogP contribution >= 0.6 is 22.6 Å². The van der Waals surface area contributed by atoms with Crippen molar-refractivity contribution < 1.29 is 28.5 Å². The molecule has 0 unspecified atom stereocenters. The summed E-state index contributed by atoms with van der Waals surface area (Å²) in [4.78, 5) is 24.0. The van der Waals surface area contributed by atoms with Crippen molar-refractivity contribution in [3.8, 4) is 11.5 Å². The first kappa shape index (κ1) is 18.3. The third-order valence-electron chi connectivity index (χ3n) is 3.03. The molecule has 1 saturated heterocycles. The molecule has 1 aliphatic rings. The van der Waals surface area contributed by atoms with Crippen molar-refractivity contribution in [1.29, 1.82) is 0 Å². The zero-order chi connectivity index (χ0) is 17.9. The second-order valence-corrected chi connectivity index (χ2v) is 6.53. The average molecular weight is 444 g/mol. The van der Waals surface area contributed by atoms with Crippen molar-refractivity contribution in [2.75, 3.05) is 13.7 Å². The highest BCUT2D eigenvalue weighted by molar-refractivity contribution is 14.1. The third kappa shape index (κ3) is 4.08. The van der Waals surface area contributed by atoms with E-state index in [4.69, 9.17) is 18.9 Å². The molecule has 0 aliphatic carbocycles. The summed E-state index contributed by atoms with van der Waals surface area (Å²) in [5.41, 5.74) is 0.415. The monoisotopic (exact) mass is 444 g/mol. The molecule has 0 atom stereocenters. The summed E-state index contributed by atoms with van der Waals surface area (Å²) in [6.45, 7) is 6.93. The molecule has 128 valence electrons. The Morgan fingerprint density at radius 2 is 1.88 bits per heavy atom. The van der Waals surface area contributed by atoms with E-state index in [-0.39, 0.29) is 5.57 Å². The molecule has 1 heterocycles. The van der Waals surface area contributed by atoms with E-state index >= 15 is 0 Å². The zero-order valence-electron chi connectivity index (χ0n) is 13.6. The normalized spacial score (nSPS) is 16.1. The van der Waals surface area contributed by atoms with Crippen LogP contribution in [0.2, 0.25) is 0 Å². The Labute approximate surface area is 153 Å². The van der Waals surface area contributed by atoms with Gasteiger partial charge in [0.05, 0.1) is 10.7 Å². The van der Waals surface area contributed by atoms with Crippen LogP contribution in [-0.4, -0.2) is 31.4 Å². The first-order valence-electron chi connectivity index (χ1n) is 7.07. The van der Waals surface area contributed by atoms with Crippen molar-refractivity contribution in [2.45, 2.75) is 19.6 Å². The van der Waals surface area contributed by atoms with Gasteiger partial charge in [0.15, 0.2) is 11.5 Å². The molecule has 0 bridgehead atoms. The van der Waals surface area contributed by atoms with E-state index in [1.54, 1.807) is 18.2 Å². The van der Waals surface area contributed by atoms with Gasteiger partial charge >= 0.3 is 11.9 Å². The van der Waals surface area contributed by atoms with E-state index < -0.39 is 17.7 Å². The first-order valence-corrected chi connectivity index (χ1v) is 8.15. The molecule has 7 heteroatoms. The van der Waals surface area contributed by atoms with Crippen LogP contribution in [0.1, 0.15) is 19.4 Å². The molecule has 0 aromatic heterocycles. The summed E-state index contributed by atoms with van der Waals surface area (Å²) < 4.78 is 21.8. The van der Waals surface area contributed by atoms with E-state index in [1.807, 2.05) is 0 Å². The van der Waals surface area contributed by atoms with E-state index in [1.165, 1.54) is 27.0 Å². The third-order valence-corrected chi connectivity index (χ3v) is 3.83. The molecule has 0 saturated carbocycles. The molecule has 0 spiro atoms. The van der Waals surface area contributed by atoms with Crippen LogP contribution in [-0.2, 0) is 19.1 Å². The molecule has 0 radical (unpaired) electrons. The Morgan fingerprint density at radius 1 is 1.25 bits per heavy atom. The molecule has 1 aliphatic heterocycles.